The number of hydrogen-bond donors (Lipinski definition) is 0. The number of ketones is 1. The first-order chi connectivity index (χ1) is 17.9. The Bertz CT molecular complexity index is 1270. The molecule has 0 atom stereocenters. The minimum absolute atomic E-state index is 0.00751. The molecule has 202 valence electrons. The number of alkyl halides is 3. The molecule has 3 aromatic rings. The van der Waals surface area contributed by atoms with Gasteiger partial charge in [-0.15, -0.1) is 0 Å². The molecule has 0 aliphatic carbocycles. The van der Waals surface area contributed by atoms with Crippen LogP contribution in [0.1, 0.15) is 35.3 Å². The van der Waals surface area contributed by atoms with Crippen molar-refractivity contribution in [2.24, 2.45) is 0 Å². The van der Waals surface area contributed by atoms with E-state index in [0.717, 1.165) is 19.4 Å². The summed E-state index contributed by atoms with van der Waals surface area (Å²) < 4.78 is 53.3. The molecule has 38 heavy (non-hydrogen) atoms. The van der Waals surface area contributed by atoms with Crippen molar-refractivity contribution in [3.05, 3.63) is 70.0 Å². The topological polar surface area (TPSA) is 110 Å². The van der Waals surface area contributed by atoms with Gasteiger partial charge in [-0.1, -0.05) is 0 Å². The normalized spacial score (nSPS) is 11.4. The van der Waals surface area contributed by atoms with Crippen molar-refractivity contribution in [1.82, 2.24) is 4.98 Å². The number of rotatable bonds is 10. The van der Waals surface area contributed by atoms with Crippen LogP contribution in [0.15, 0.2) is 53.4 Å². The van der Waals surface area contributed by atoms with E-state index in [0.29, 0.717) is 18.9 Å². The highest BCUT2D eigenvalue weighted by Gasteiger charge is 2.44. The highest BCUT2D eigenvalue weighted by molar-refractivity contribution is 7.07. The largest absolute Gasteiger partial charge is 0.497 e. The van der Waals surface area contributed by atoms with Crippen molar-refractivity contribution in [3.8, 4) is 17.4 Å². The standard InChI is InChI=1S/C25H22F3NO8S/c1-24(2,22(31)36-37-23(32)25(26,27)28)35-19-12-17(33-3)5-6-18(19)21(30)16-4-7-20(29-13-16)34-10-8-15-9-11-38-14-15/h4-7,9,11-14H,8,10H2,1-3H3. The molecule has 0 spiro atoms. The van der Waals surface area contributed by atoms with Gasteiger partial charge in [-0.2, -0.15) is 24.5 Å². The van der Waals surface area contributed by atoms with E-state index in [4.69, 9.17) is 14.2 Å². The first-order valence-corrected chi connectivity index (χ1v) is 11.9. The van der Waals surface area contributed by atoms with Gasteiger partial charge >= 0.3 is 18.1 Å². The fraction of sp³-hybridized carbons (Fsp3) is 0.280. The summed E-state index contributed by atoms with van der Waals surface area (Å²) >= 11 is 1.59. The zero-order valence-electron chi connectivity index (χ0n) is 20.4. The Morgan fingerprint density at radius 1 is 1.00 bits per heavy atom. The Hall–Kier alpha value is -4.13. The second kappa shape index (κ2) is 11.9. The molecule has 0 fully saturated rings. The maximum absolute atomic E-state index is 13.2. The number of aromatic nitrogens is 1. The Morgan fingerprint density at radius 2 is 1.74 bits per heavy atom. The summed E-state index contributed by atoms with van der Waals surface area (Å²) in [6.07, 6.45) is -3.35. The lowest BCUT2D eigenvalue weighted by molar-refractivity contribution is -0.291. The number of thiophene rings is 1. The van der Waals surface area contributed by atoms with Crippen molar-refractivity contribution in [2.45, 2.75) is 32.0 Å². The quantitative estimate of drug-likeness (QED) is 0.200. The molecule has 2 heterocycles. The van der Waals surface area contributed by atoms with Gasteiger partial charge < -0.3 is 14.2 Å². The van der Waals surface area contributed by atoms with Gasteiger partial charge in [0.05, 0.1) is 19.3 Å². The molecule has 2 aromatic heterocycles. The minimum Gasteiger partial charge on any atom is -0.497 e. The van der Waals surface area contributed by atoms with Gasteiger partial charge in [0.2, 0.25) is 11.5 Å². The number of ether oxygens (including phenoxy) is 3. The molecule has 0 radical (unpaired) electrons. The van der Waals surface area contributed by atoms with E-state index in [9.17, 15) is 27.6 Å². The Labute approximate surface area is 219 Å². The minimum atomic E-state index is -5.36. The van der Waals surface area contributed by atoms with Crippen LogP contribution >= 0.6 is 11.3 Å². The van der Waals surface area contributed by atoms with Crippen molar-refractivity contribution >= 4 is 29.1 Å². The molecule has 0 saturated carbocycles. The van der Waals surface area contributed by atoms with Crippen LogP contribution in [0, 0.1) is 0 Å². The highest BCUT2D eigenvalue weighted by Crippen LogP contribution is 2.31. The van der Waals surface area contributed by atoms with E-state index < -0.39 is 29.5 Å². The van der Waals surface area contributed by atoms with Crippen LogP contribution in [0.3, 0.4) is 0 Å². The molecule has 0 saturated heterocycles. The average Bonchev–Trinajstić information content (AvgIpc) is 3.39. The summed E-state index contributed by atoms with van der Waals surface area (Å²) in [5.41, 5.74) is -0.679. The molecule has 0 N–H and O–H groups in total. The summed E-state index contributed by atoms with van der Waals surface area (Å²) in [6, 6.07) is 9.19. The molecular formula is C25H22F3NO8S. The maximum atomic E-state index is 13.2. The van der Waals surface area contributed by atoms with Crippen molar-refractivity contribution in [1.29, 1.82) is 0 Å². The molecule has 0 aliphatic heterocycles. The van der Waals surface area contributed by atoms with Crippen LogP contribution in [-0.4, -0.2) is 48.2 Å². The monoisotopic (exact) mass is 553 g/mol. The zero-order valence-corrected chi connectivity index (χ0v) is 21.2. The molecule has 13 heteroatoms. The number of benzene rings is 1. The fourth-order valence-electron chi connectivity index (χ4n) is 2.91. The smallest absolute Gasteiger partial charge is 0.495 e. The Kier molecular flexibility index (Phi) is 8.94. The fourth-order valence-corrected chi connectivity index (χ4v) is 3.61. The highest BCUT2D eigenvalue weighted by atomic mass is 32.1. The lowest BCUT2D eigenvalue weighted by Gasteiger charge is -2.24. The van der Waals surface area contributed by atoms with Crippen molar-refractivity contribution < 1.29 is 51.5 Å². The van der Waals surface area contributed by atoms with E-state index in [1.165, 1.54) is 43.6 Å². The summed E-state index contributed by atoms with van der Waals surface area (Å²) in [6.45, 7) is 2.69. The van der Waals surface area contributed by atoms with E-state index in [1.807, 2.05) is 16.8 Å². The predicted molar refractivity (Wildman–Crippen MR) is 127 cm³/mol. The molecule has 0 amide bonds. The molecule has 9 nitrogen and oxygen atoms in total. The second-order valence-corrected chi connectivity index (χ2v) is 8.94. The third kappa shape index (κ3) is 7.44. The first kappa shape index (κ1) is 28.4. The summed E-state index contributed by atoms with van der Waals surface area (Å²) in [7, 11) is 1.36. The number of pyridine rings is 1. The van der Waals surface area contributed by atoms with E-state index in [-0.39, 0.29) is 22.6 Å². The van der Waals surface area contributed by atoms with Crippen LogP contribution in [0.5, 0.6) is 17.4 Å². The number of methoxy groups -OCH3 is 1. The number of nitrogens with zero attached hydrogens (tertiary/aromatic N) is 1. The summed E-state index contributed by atoms with van der Waals surface area (Å²) in [5.74, 6) is -4.27. The number of halogens is 3. The molecule has 1 aromatic carbocycles. The van der Waals surface area contributed by atoms with Gasteiger partial charge in [-0.3, -0.25) is 4.79 Å². The van der Waals surface area contributed by atoms with Crippen molar-refractivity contribution in [3.63, 3.8) is 0 Å². The predicted octanol–water partition coefficient (Wildman–Crippen LogP) is 4.73. The third-order valence-corrected chi connectivity index (χ3v) is 5.67. The van der Waals surface area contributed by atoms with E-state index >= 15 is 0 Å². The van der Waals surface area contributed by atoms with Gasteiger partial charge in [0.25, 0.3) is 0 Å². The Balaban J connectivity index is 1.73. The molecule has 0 unspecified atom stereocenters. The van der Waals surface area contributed by atoms with Crippen LogP contribution in [0.2, 0.25) is 0 Å². The summed E-state index contributed by atoms with van der Waals surface area (Å²) in [4.78, 5) is 48.0. The maximum Gasteiger partial charge on any atom is 0.495 e. The second-order valence-electron chi connectivity index (χ2n) is 8.16. The zero-order chi connectivity index (χ0) is 27.9. The van der Waals surface area contributed by atoms with E-state index in [1.54, 1.807) is 11.3 Å². The summed E-state index contributed by atoms with van der Waals surface area (Å²) in [5, 5.41) is 3.99. The van der Waals surface area contributed by atoms with Gasteiger partial charge in [0, 0.05) is 30.3 Å². The molecule has 0 bridgehead atoms. The van der Waals surface area contributed by atoms with Gasteiger partial charge in [0.15, 0.2) is 5.78 Å². The Morgan fingerprint density at radius 3 is 2.34 bits per heavy atom. The molecular weight excluding hydrogens is 531 g/mol. The van der Waals surface area contributed by atoms with Gasteiger partial charge in [0.1, 0.15) is 11.5 Å². The van der Waals surface area contributed by atoms with Gasteiger partial charge in [-0.25, -0.2) is 24.3 Å². The third-order valence-electron chi connectivity index (χ3n) is 4.93. The number of carbonyl (C=O) groups excluding carboxylic acids is 3. The average molecular weight is 554 g/mol. The van der Waals surface area contributed by atoms with Crippen LogP contribution < -0.4 is 14.2 Å². The number of carbonyl (C=O) groups is 3. The van der Waals surface area contributed by atoms with Crippen LogP contribution in [0.4, 0.5) is 13.2 Å². The lowest BCUT2D eigenvalue weighted by Crippen LogP contribution is -2.41. The lowest BCUT2D eigenvalue weighted by atomic mass is 10.0. The SMILES string of the molecule is COc1ccc(C(=O)c2ccc(OCCc3ccsc3)nc2)c(OC(C)(C)C(=O)OOC(=O)C(F)(F)F)c1. The van der Waals surface area contributed by atoms with Crippen LogP contribution in [-0.2, 0) is 25.8 Å². The molecule has 3 rings (SSSR count). The van der Waals surface area contributed by atoms with Crippen LogP contribution in [0.25, 0.3) is 0 Å². The first-order valence-electron chi connectivity index (χ1n) is 10.9. The van der Waals surface area contributed by atoms with E-state index in [2.05, 4.69) is 14.8 Å². The number of hydrogen-bond acceptors (Lipinski definition) is 10. The van der Waals surface area contributed by atoms with Crippen molar-refractivity contribution in [2.75, 3.05) is 13.7 Å². The molecule has 0 aliphatic rings. The van der Waals surface area contributed by atoms with Gasteiger partial charge in [-0.05, 0) is 54.4 Å².